The molecular formula is C14H18F3NO4S. The molecule has 1 saturated heterocycles. The first-order valence-electron chi connectivity index (χ1n) is 7.01. The van der Waals surface area contributed by atoms with Crippen LogP contribution in [0.1, 0.15) is 26.7 Å². The molecule has 0 bridgehead atoms. The summed E-state index contributed by atoms with van der Waals surface area (Å²) < 4.78 is 67.1. The van der Waals surface area contributed by atoms with Crippen LogP contribution in [0.15, 0.2) is 29.2 Å². The van der Waals surface area contributed by atoms with Crippen LogP contribution in [0.25, 0.3) is 0 Å². The molecule has 0 aliphatic carbocycles. The van der Waals surface area contributed by atoms with Gasteiger partial charge in [-0.05, 0) is 38.8 Å². The summed E-state index contributed by atoms with van der Waals surface area (Å²) in [6.45, 7) is 3.23. The number of hydrogen-bond donors (Lipinski definition) is 1. The van der Waals surface area contributed by atoms with Crippen molar-refractivity contribution in [3.63, 3.8) is 0 Å². The van der Waals surface area contributed by atoms with Crippen LogP contribution in [0.4, 0.5) is 13.2 Å². The van der Waals surface area contributed by atoms with Gasteiger partial charge in [0.1, 0.15) is 5.75 Å². The van der Waals surface area contributed by atoms with Crippen molar-refractivity contribution in [2.75, 3.05) is 6.54 Å². The van der Waals surface area contributed by atoms with Gasteiger partial charge in [-0.2, -0.15) is 4.31 Å². The molecule has 0 amide bonds. The fourth-order valence-electron chi connectivity index (χ4n) is 2.70. The van der Waals surface area contributed by atoms with E-state index in [2.05, 4.69) is 4.74 Å². The molecule has 1 aromatic carbocycles. The Morgan fingerprint density at radius 2 is 1.96 bits per heavy atom. The maximum atomic E-state index is 12.7. The van der Waals surface area contributed by atoms with E-state index >= 15 is 0 Å². The Morgan fingerprint density at radius 1 is 1.30 bits per heavy atom. The SMILES string of the molecule is CC(C)(O)C1CCCN1S(=O)(=O)c1cccc(OC(F)(F)F)c1. The minimum absolute atomic E-state index is 0.210. The van der Waals surface area contributed by atoms with Crippen LogP contribution in [-0.4, -0.2) is 42.4 Å². The highest BCUT2D eigenvalue weighted by molar-refractivity contribution is 7.89. The summed E-state index contributed by atoms with van der Waals surface area (Å²) in [6, 6.07) is 3.63. The fraction of sp³-hybridized carbons (Fsp3) is 0.571. The lowest BCUT2D eigenvalue weighted by Gasteiger charge is -2.33. The molecule has 1 aliphatic rings. The molecule has 0 radical (unpaired) electrons. The van der Waals surface area contributed by atoms with E-state index in [1.54, 1.807) is 0 Å². The number of benzene rings is 1. The zero-order valence-corrected chi connectivity index (χ0v) is 13.5. The van der Waals surface area contributed by atoms with Gasteiger partial charge in [0.25, 0.3) is 0 Å². The van der Waals surface area contributed by atoms with Crippen LogP contribution in [0.3, 0.4) is 0 Å². The standard InChI is InChI=1S/C14H18F3NO4S/c1-13(2,19)12-7-4-8-18(12)23(20,21)11-6-3-5-10(9-11)22-14(15,16)17/h3,5-6,9,12,19H,4,7-8H2,1-2H3. The van der Waals surface area contributed by atoms with Gasteiger partial charge in [-0.1, -0.05) is 6.07 Å². The quantitative estimate of drug-likeness (QED) is 0.903. The van der Waals surface area contributed by atoms with E-state index in [0.717, 1.165) is 16.4 Å². The van der Waals surface area contributed by atoms with E-state index in [9.17, 15) is 26.7 Å². The average molecular weight is 353 g/mol. The van der Waals surface area contributed by atoms with Gasteiger partial charge < -0.3 is 9.84 Å². The van der Waals surface area contributed by atoms with Gasteiger partial charge in [-0.3, -0.25) is 0 Å². The van der Waals surface area contributed by atoms with Crippen molar-refractivity contribution in [1.82, 2.24) is 4.31 Å². The van der Waals surface area contributed by atoms with Gasteiger partial charge in [-0.15, -0.1) is 13.2 Å². The zero-order chi connectivity index (χ0) is 17.5. The molecule has 1 aromatic rings. The highest BCUT2D eigenvalue weighted by Gasteiger charge is 2.42. The van der Waals surface area contributed by atoms with Crippen LogP contribution in [0.2, 0.25) is 0 Å². The summed E-state index contributed by atoms with van der Waals surface area (Å²) in [4.78, 5) is -0.296. The lowest BCUT2D eigenvalue weighted by molar-refractivity contribution is -0.274. The third-order valence-electron chi connectivity index (χ3n) is 3.66. The summed E-state index contributed by atoms with van der Waals surface area (Å²) in [7, 11) is -4.02. The first kappa shape index (κ1) is 18.0. The fourth-order valence-corrected chi connectivity index (χ4v) is 4.56. The second-order valence-corrected chi connectivity index (χ2v) is 7.84. The lowest BCUT2D eigenvalue weighted by Crippen LogP contribution is -2.48. The summed E-state index contributed by atoms with van der Waals surface area (Å²) in [5.74, 6) is -0.599. The molecule has 2 rings (SSSR count). The number of alkyl halides is 3. The Kier molecular flexibility index (Phi) is 4.67. The van der Waals surface area contributed by atoms with Crippen LogP contribution in [-0.2, 0) is 10.0 Å². The van der Waals surface area contributed by atoms with Gasteiger partial charge in [0.15, 0.2) is 0 Å². The second-order valence-electron chi connectivity index (χ2n) is 5.95. The van der Waals surface area contributed by atoms with E-state index in [4.69, 9.17) is 0 Å². The van der Waals surface area contributed by atoms with Crippen LogP contribution < -0.4 is 4.74 Å². The third-order valence-corrected chi connectivity index (χ3v) is 5.57. The molecule has 130 valence electrons. The Morgan fingerprint density at radius 3 is 2.52 bits per heavy atom. The first-order chi connectivity index (χ1) is 10.4. The van der Waals surface area contributed by atoms with Crippen molar-refractivity contribution < 1.29 is 31.4 Å². The summed E-state index contributed by atoms with van der Waals surface area (Å²) in [5, 5.41) is 10.1. The summed E-state index contributed by atoms with van der Waals surface area (Å²) >= 11 is 0. The highest BCUT2D eigenvalue weighted by Crippen LogP contribution is 2.33. The van der Waals surface area contributed by atoms with E-state index < -0.39 is 33.8 Å². The summed E-state index contributed by atoms with van der Waals surface area (Å²) in [6.07, 6.45) is -3.83. The normalized spacial score (nSPS) is 20.7. The number of halogens is 3. The van der Waals surface area contributed by atoms with E-state index in [0.29, 0.717) is 12.8 Å². The Bertz CT molecular complexity index is 667. The van der Waals surface area contributed by atoms with Crippen molar-refractivity contribution in [3.8, 4) is 5.75 Å². The van der Waals surface area contributed by atoms with Gasteiger partial charge >= 0.3 is 6.36 Å². The first-order valence-corrected chi connectivity index (χ1v) is 8.45. The lowest BCUT2D eigenvalue weighted by atomic mass is 9.98. The number of hydrogen-bond acceptors (Lipinski definition) is 4. The van der Waals surface area contributed by atoms with Gasteiger partial charge in [-0.25, -0.2) is 8.42 Å². The van der Waals surface area contributed by atoms with Gasteiger partial charge in [0.2, 0.25) is 10.0 Å². The third kappa shape index (κ3) is 4.15. The second kappa shape index (κ2) is 5.95. The molecule has 9 heteroatoms. The van der Waals surface area contributed by atoms with E-state index in [1.165, 1.54) is 26.0 Å². The molecule has 0 saturated carbocycles. The molecular weight excluding hydrogens is 335 g/mol. The molecule has 1 N–H and O–H groups in total. The molecule has 1 heterocycles. The van der Waals surface area contributed by atoms with Crippen LogP contribution in [0, 0.1) is 0 Å². The number of nitrogens with zero attached hydrogens (tertiary/aromatic N) is 1. The average Bonchev–Trinajstić information content (AvgIpc) is 2.86. The van der Waals surface area contributed by atoms with Crippen LogP contribution >= 0.6 is 0 Å². The minimum atomic E-state index is -4.90. The van der Waals surface area contributed by atoms with Gasteiger partial charge in [0, 0.05) is 12.6 Å². The maximum absolute atomic E-state index is 12.7. The molecule has 1 atom stereocenters. The number of aliphatic hydroxyl groups is 1. The monoisotopic (exact) mass is 353 g/mol. The van der Waals surface area contributed by atoms with Crippen molar-refractivity contribution in [3.05, 3.63) is 24.3 Å². The predicted octanol–water partition coefficient (Wildman–Crippen LogP) is 2.51. The zero-order valence-electron chi connectivity index (χ0n) is 12.7. The van der Waals surface area contributed by atoms with Crippen molar-refractivity contribution in [1.29, 1.82) is 0 Å². The molecule has 1 unspecified atom stereocenters. The van der Waals surface area contributed by atoms with Crippen LogP contribution in [0.5, 0.6) is 5.75 Å². The van der Waals surface area contributed by atoms with E-state index in [1.807, 2.05) is 0 Å². The minimum Gasteiger partial charge on any atom is -0.406 e. The molecule has 23 heavy (non-hydrogen) atoms. The molecule has 1 fully saturated rings. The molecule has 0 aromatic heterocycles. The van der Waals surface area contributed by atoms with Crippen molar-refractivity contribution in [2.24, 2.45) is 0 Å². The molecule has 5 nitrogen and oxygen atoms in total. The molecule has 1 aliphatic heterocycles. The summed E-state index contributed by atoms with van der Waals surface area (Å²) in [5.41, 5.74) is -1.25. The van der Waals surface area contributed by atoms with Crippen molar-refractivity contribution >= 4 is 10.0 Å². The predicted molar refractivity (Wildman–Crippen MR) is 76.3 cm³/mol. The topological polar surface area (TPSA) is 66.8 Å². The number of sulfonamides is 1. The molecule has 0 spiro atoms. The van der Waals surface area contributed by atoms with Gasteiger partial charge in [0.05, 0.1) is 16.5 Å². The Hall–Kier alpha value is -1.32. The van der Waals surface area contributed by atoms with E-state index in [-0.39, 0.29) is 11.4 Å². The largest absolute Gasteiger partial charge is 0.573 e. The maximum Gasteiger partial charge on any atom is 0.573 e. The smallest absolute Gasteiger partial charge is 0.406 e. The Labute approximate surface area is 132 Å². The number of ether oxygens (including phenoxy) is 1. The van der Waals surface area contributed by atoms with Crippen molar-refractivity contribution in [2.45, 2.75) is 49.6 Å². The highest BCUT2D eigenvalue weighted by atomic mass is 32.2. The number of rotatable bonds is 4. The Balaban J connectivity index is 2.35.